The third-order valence-corrected chi connectivity index (χ3v) is 10.1. The molecule has 0 aromatic carbocycles. The molecule has 200 valence electrons. The van der Waals surface area contributed by atoms with Crippen molar-refractivity contribution < 1.29 is 4.79 Å². The molecule has 1 aromatic rings. The summed E-state index contributed by atoms with van der Waals surface area (Å²) in [5.41, 5.74) is 1.33. The zero-order chi connectivity index (χ0) is 25.2. The van der Waals surface area contributed by atoms with Gasteiger partial charge >= 0.3 is 0 Å². The van der Waals surface area contributed by atoms with E-state index in [0.717, 1.165) is 44.2 Å². The van der Waals surface area contributed by atoms with E-state index in [0.29, 0.717) is 35.7 Å². The summed E-state index contributed by atoms with van der Waals surface area (Å²) in [5, 5.41) is 0. The summed E-state index contributed by atoms with van der Waals surface area (Å²) in [5.74, 6) is 3.42. The van der Waals surface area contributed by atoms with E-state index in [2.05, 4.69) is 54.8 Å². The van der Waals surface area contributed by atoms with E-state index in [1.54, 1.807) is 0 Å². The summed E-state index contributed by atoms with van der Waals surface area (Å²) < 4.78 is 0. The highest BCUT2D eigenvalue weighted by atomic mass is 16.1. The van der Waals surface area contributed by atoms with Crippen molar-refractivity contribution in [3.05, 3.63) is 18.0 Å². The van der Waals surface area contributed by atoms with E-state index in [9.17, 15) is 4.79 Å². The van der Waals surface area contributed by atoms with Crippen molar-refractivity contribution in [3.8, 4) is 0 Å². The molecule has 1 saturated carbocycles. The molecule has 6 heteroatoms. The Labute approximate surface area is 219 Å². The second kappa shape index (κ2) is 11.5. The minimum Gasteiger partial charge on any atom is -0.332 e. The van der Waals surface area contributed by atoms with Gasteiger partial charge in [-0.15, -0.1) is 0 Å². The van der Waals surface area contributed by atoms with Crippen LogP contribution in [0.5, 0.6) is 0 Å². The number of nitrogens with zero attached hydrogens (tertiary/aromatic N) is 5. The van der Waals surface area contributed by atoms with Crippen LogP contribution in [0.25, 0.3) is 0 Å². The highest BCUT2D eigenvalue weighted by Gasteiger charge is 2.41. The van der Waals surface area contributed by atoms with Gasteiger partial charge in [-0.2, -0.15) is 0 Å². The van der Waals surface area contributed by atoms with Gasteiger partial charge in [-0.3, -0.25) is 9.69 Å². The van der Waals surface area contributed by atoms with Crippen molar-refractivity contribution in [3.63, 3.8) is 0 Å². The van der Waals surface area contributed by atoms with E-state index < -0.39 is 0 Å². The first kappa shape index (κ1) is 26.1. The van der Waals surface area contributed by atoms with Crippen molar-refractivity contribution in [1.29, 1.82) is 0 Å². The Morgan fingerprint density at radius 1 is 0.917 bits per heavy atom. The normalized spacial score (nSPS) is 31.2. The third-order valence-electron chi connectivity index (χ3n) is 10.1. The zero-order valence-corrected chi connectivity index (χ0v) is 23.2. The molecule has 4 aliphatic rings. The van der Waals surface area contributed by atoms with Crippen molar-refractivity contribution >= 4 is 11.7 Å². The summed E-state index contributed by atoms with van der Waals surface area (Å²) in [7, 11) is 0. The molecule has 1 aliphatic carbocycles. The van der Waals surface area contributed by atoms with Gasteiger partial charge in [-0.25, -0.2) is 9.97 Å². The molecule has 3 aliphatic heterocycles. The highest BCUT2D eigenvalue weighted by molar-refractivity contribution is 5.83. The molecular weight excluding hydrogens is 446 g/mol. The maximum atomic E-state index is 12.6. The van der Waals surface area contributed by atoms with Crippen molar-refractivity contribution in [2.45, 2.75) is 110 Å². The summed E-state index contributed by atoms with van der Waals surface area (Å²) in [4.78, 5) is 30.2. The van der Waals surface area contributed by atoms with Crippen molar-refractivity contribution in [1.82, 2.24) is 19.8 Å². The van der Waals surface area contributed by atoms with Crippen LogP contribution in [0.15, 0.2) is 12.4 Å². The molecule has 0 amide bonds. The lowest BCUT2D eigenvalue weighted by atomic mass is 9.77. The number of likely N-dealkylation sites (tertiary alicyclic amines) is 2. The smallest absolute Gasteiger partial charge is 0.225 e. The summed E-state index contributed by atoms with van der Waals surface area (Å²) in [6.45, 7) is 14.7. The summed E-state index contributed by atoms with van der Waals surface area (Å²) in [6, 6.07) is 1.77. The fourth-order valence-electron chi connectivity index (χ4n) is 7.41. The van der Waals surface area contributed by atoms with Gasteiger partial charge in [0.25, 0.3) is 0 Å². The first-order chi connectivity index (χ1) is 17.4. The molecule has 3 unspecified atom stereocenters. The van der Waals surface area contributed by atoms with Crippen LogP contribution in [0.1, 0.15) is 97.0 Å². The number of piperidine rings is 1. The number of piperazine rings is 1. The van der Waals surface area contributed by atoms with E-state index in [1.807, 2.05) is 0 Å². The molecular formula is C30H49N5O. The Hall–Kier alpha value is -1.53. The molecule has 36 heavy (non-hydrogen) atoms. The maximum Gasteiger partial charge on any atom is 0.225 e. The maximum absolute atomic E-state index is 12.6. The van der Waals surface area contributed by atoms with Gasteiger partial charge in [0, 0.05) is 62.0 Å². The minimum atomic E-state index is 0.244. The standard InChI is InChI=1S/C30H49N5O/c1-5-22(4)29(36)25-8-6-23(7-9-25)18-33-14-12-24(13-15-33)26-16-31-30(32-17-26)35-27-10-11-28(35)20-34(19-27)21(2)3/h16-17,21-25,27-28H,5-15,18-20H2,1-4H3. The number of aromatic nitrogens is 2. The molecule has 0 radical (unpaired) electrons. The lowest BCUT2D eigenvalue weighted by Gasteiger charge is -2.42. The van der Waals surface area contributed by atoms with Crippen LogP contribution in [0, 0.1) is 17.8 Å². The average molecular weight is 496 g/mol. The average Bonchev–Trinajstić information content (AvgIpc) is 3.17. The SMILES string of the molecule is CCC(C)C(=O)C1CCC(CN2CCC(c3cnc(N4C5CCC4CN(C(C)C)C5)nc3)CC2)CC1. The second-order valence-electron chi connectivity index (χ2n) is 12.7. The molecule has 3 atom stereocenters. The summed E-state index contributed by atoms with van der Waals surface area (Å²) >= 11 is 0. The molecule has 6 nitrogen and oxygen atoms in total. The predicted molar refractivity (Wildman–Crippen MR) is 146 cm³/mol. The van der Waals surface area contributed by atoms with Gasteiger partial charge in [-0.05, 0) is 102 Å². The largest absolute Gasteiger partial charge is 0.332 e. The van der Waals surface area contributed by atoms with Gasteiger partial charge in [0.1, 0.15) is 5.78 Å². The molecule has 4 heterocycles. The monoisotopic (exact) mass is 495 g/mol. The molecule has 1 aromatic heterocycles. The quantitative estimate of drug-likeness (QED) is 0.498. The van der Waals surface area contributed by atoms with E-state index in [1.165, 1.54) is 63.7 Å². The number of anilines is 1. The number of hydrogen-bond donors (Lipinski definition) is 0. The molecule has 2 bridgehead atoms. The first-order valence-electron chi connectivity index (χ1n) is 15.0. The van der Waals surface area contributed by atoms with Crippen LogP contribution in [-0.2, 0) is 4.79 Å². The Morgan fingerprint density at radius 2 is 1.53 bits per heavy atom. The number of carbonyl (C=O) groups excluding carboxylic acids is 1. The fraction of sp³-hybridized carbons (Fsp3) is 0.833. The summed E-state index contributed by atoms with van der Waals surface area (Å²) in [6.07, 6.45) is 14.9. The van der Waals surface area contributed by atoms with Crippen LogP contribution in [0.2, 0.25) is 0 Å². The van der Waals surface area contributed by atoms with Gasteiger partial charge < -0.3 is 9.80 Å². The predicted octanol–water partition coefficient (Wildman–Crippen LogP) is 5.14. The van der Waals surface area contributed by atoms with Crippen LogP contribution < -0.4 is 4.90 Å². The number of fused-ring (bicyclic) bond motifs is 2. The van der Waals surface area contributed by atoms with Gasteiger partial charge in [0.15, 0.2) is 0 Å². The Morgan fingerprint density at radius 3 is 2.08 bits per heavy atom. The molecule has 3 saturated heterocycles. The number of carbonyl (C=O) groups is 1. The zero-order valence-electron chi connectivity index (χ0n) is 23.2. The second-order valence-corrected chi connectivity index (χ2v) is 12.7. The first-order valence-corrected chi connectivity index (χ1v) is 15.0. The lowest BCUT2D eigenvalue weighted by Crippen LogP contribution is -2.56. The number of hydrogen-bond acceptors (Lipinski definition) is 6. The van der Waals surface area contributed by atoms with Gasteiger partial charge in [0.2, 0.25) is 5.95 Å². The molecule has 4 fully saturated rings. The van der Waals surface area contributed by atoms with E-state index >= 15 is 0 Å². The van der Waals surface area contributed by atoms with E-state index in [-0.39, 0.29) is 5.92 Å². The molecule has 0 spiro atoms. The number of rotatable bonds is 8. The highest BCUT2D eigenvalue weighted by Crippen LogP contribution is 2.36. The van der Waals surface area contributed by atoms with Gasteiger partial charge in [0.05, 0.1) is 0 Å². The number of ketones is 1. The third kappa shape index (κ3) is 5.65. The molecule has 0 N–H and O–H groups in total. The van der Waals surface area contributed by atoms with Crippen LogP contribution in [-0.4, -0.2) is 76.4 Å². The minimum absolute atomic E-state index is 0.244. The lowest BCUT2D eigenvalue weighted by molar-refractivity contribution is -0.127. The van der Waals surface area contributed by atoms with Crippen LogP contribution >= 0.6 is 0 Å². The Balaban J connectivity index is 1.08. The fourth-order valence-corrected chi connectivity index (χ4v) is 7.41. The van der Waals surface area contributed by atoms with Crippen molar-refractivity contribution in [2.24, 2.45) is 17.8 Å². The van der Waals surface area contributed by atoms with Crippen LogP contribution in [0.3, 0.4) is 0 Å². The van der Waals surface area contributed by atoms with Crippen LogP contribution in [0.4, 0.5) is 5.95 Å². The Bertz CT molecular complexity index is 843. The van der Waals surface area contributed by atoms with Gasteiger partial charge in [-0.1, -0.05) is 13.8 Å². The van der Waals surface area contributed by atoms with E-state index in [4.69, 9.17) is 9.97 Å². The Kier molecular flexibility index (Phi) is 8.31. The molecule has 5 rings (SSSR count). The van der Waals surface area contributed by atoms with Crippen molar-refractivity contribution in [2.75, 3.05) is 37.6 Å². The topological polar surface area (TPSA) is 52.6 Å². The number of Topliss-reactive ketones (excluding diaryl/α,β-unsaturated/α-hetero) is 1.